The number of rotatable bonds is 2. The van der Waals surface area contributed by atoms with Gasteiger partial charge in [0.05, 0.1) is 4.47 Å². The zero-order valence-electron chi connectivity index (χ0n) is 9.75. The lowest BCUT2D eigenvalue weighted by molar-refractivity contribution is 0.0786. The standard InChI is InChI=1S/C13H15BrFNO/c1-2-9-5-6-16(8-9)13(17)10-3-4-11(14)12(15)7-10/h3-4,7,9H,2,5-6,8H2,1H3. The molecule has 0 saturated carbocycles. The van der Waals surface area contributed by atoms with Crippen LogP contribution in [0.3, 0.4) is 0 Å². The molecule has 1 atom stereocenters. The Morgan fingerprint density at radius 2 is 2.35 bits per heavy atom. The predicted octanol–water partition coefficient (Wildman–Crippen LogP) is 3.46. The molecule has 1 aliphatic rings. The van der Waals surface area contributed by atoms with Crippen LogP contribution in [0.2, 0.25) is 0 Å². The average molecular weight is 300 g/mol. The molecule has 0 bridgehead atoms. The van der Waals surface area contributed by atoms with Gasteiger partial charge in [0.2, 0.25) is 0 Å². The van der Waals surface area contributed by atoms with Crippen LogP contribution in [-0.4, -0.2) is 23.9 Å². The molecule has 1 aliphatic heterocycles. The van der Waals surface area contributed by atoms with Crippen molar-refractivity contribution in [1.29, 1.82) is 0 Å². The summed E-state index contributed by atoms with van der Waals surface area (Å²) in [6, 6.07) is 4.54. The van der Waals surface area contributed by atoms with Crippen molar-refractivity contribution < 1.29 is 9.18 Å². The van der Waals surface area contributed by atoms with Gasteiger partial charge >= 0.3 is 0 Å². The molecule has 1 fully saturated rings. The van der Waals surface area contributed by atoms with Crippen molar-refractivity contribution >= 4 is 21.8 Å². The molecule has 4 heteroatoms. The molecule has 1 saturated heterocycles. The highest BCUT2D eigenvalue weighted by molar-refractivity contribution is 9.10. The number of carbonyl (C=O) groups excluding carboxylic acids is 1. The summed E-state index contributed by atoms with van der Waals surface area (Å²) in [5, 5.41) is 0. The number of halogens is 2. The highest BCUT2D eigenvalue weighted by Gasteiger charge is 2.25. The summed E-state index contributed by atoms with van der Waals surface area (Å²) < 4.78 is 13.7. The summed E-state index contributed by atoms with van der Waals surface area (Å²) in [5.41, 5.74) is 0.433. The molecule has 1 amide bonds. The molecule has 17 heavy (non-hydrogen) atoms. The Kier molecular flexibility index (Phi) is 3.82. The molecular formula is C13H15BrFNO. The van der Waals surface area contributed by atoms with Crippen LogP contribution >= 0.6 is 15.9 Å². The van der Waals surface area contributed by atoms with Gasteiger partial charge in [0.25, 0.3) is 5.91 Å². The fraction of sp³-hybridized carbons (Fsp3) is 0.462. The lowest BCUT2D eigenvalue weighted by Gasteiger charge is -2.16. The lowest BCUT2D eigenvalue weighted by atomic mass is 10.1. The first-order valence-electron chi connectivity index (χ1n) is 5.86. The normalized spacial score (nSPS) is 19.7. The maximum absolute atomic E-state index is 13.4. The van der Waals surface area contributed by atoms with E-state index in [0.29, 0.717) is 16.0 Å². The predicted molar refractivity (Wildman–Crippen MR) is 68.4 cm³/mol. The van der Waals surface area contributed by atoms with Crippen molar-refractivity contribution in [2.45, 2.75) is 19.8 Å². The molecule has 92 valence electrons. The van der Waals surface area contributed by atoms with Crippen LogP contribution in [0.4, 0.5) is 4.39 Å². The molecular weight excluding hydrogens is 285 g/mol. The van der Waals surface area contributed by atoms with Gasteiger partial charge in [0, 0.05) is 18.7 Å². The van der Waals surface area contributed by atoms with Crippen molar-refractivity contribution in [2.75, 3.05) is 13.1 Å². The Morgan fingerprint density at radius 3 is 2.94 bits per heavy atom. The minimum atomic E-state index is -0.387. The van der Waals surface area contributed by atoms with E-state index in [2.05, 4.69) is 22.9 Å². The number of hydrogen-bond acceptors (Lipinski definition) is 1. The molecule has 0 spiro atoms. The van der Waals surface area contributed by atoms with Crippen LogP contribution in [0.15, 0.2) is 22.7 Å². The van der Waals surface area contributed by atoms with Gasteiger partial charge in [0.15, 0.2) is 0 Å². The van der Waals surface area contributed by atoms with Crippen molar-refractivity contribution in [2.24, 2.45) is 5.92 Å². The van der Waals surface area contributed by atoms with Crippen LogP contribution in [0, 0.1) is 11.7 Å². The SMILES string of the molecule is CCC1CCN(C(=O)c2ccc(Br)c(F)c2)C1. The van der Waals surface area contributed by atoms with E-state index in [9.17, 15) is 9.18 Å². The first kappa shape index (κ1) is 12.6. The zero-order valence-corrected chi connectivity index (χ0v) is 11.3. The Hall–Kier alpha value is -0.900. The van der Waals surface area contributed by atoms with Gasteiger partial charge in [-0.1, -0.05) is 13.3 Å². The largest absolute Gasteiger partial charge is 0.338 e. The van der Waals surface area contributed by atoms with Crippen molar-refractivity contribution in [1.82, 2.24) is 4.90 Å². The van der Waals surface area contributed by atoms with Crippen LogP contribution in [0.1, 0.15) is 30.1 Å². The smallest absolute Gasteiger partial charge is 0.253 e. The molecule has 1 aromatic carbocycles. The monoisotopic (exact) mass is 299 g/mol. The Morgan fingerprint density at radius 1 is 1.59 bits per heavy atom. The van der Waals surface area contributed by atoms with Gasteiger partial charge < -0.3 is 4.90 Å². The molecule has 0 radical (unpaired) electrons. The molecule has 0 aliphatic carbocycles. The first-order chi connectivity index (χ1) is 8.11. The number of nitrogens with zero attached hydrogens (tertiary/aromatic N) is 1. The maximum atomic E-state index is 13.4. The van der Waals surface area contributed by atoms with Gasteiger partial charge in [-0.2, -0.15) is 0 Å². The van der Waals surface area contributed by atoms with Gasteiger partial charge in [-0.3, -0.25) is 4.79 Å². The van der Waals surface area contributed by atoms with Crippen LogP contribution in [0.5, 0.6) is 0 Å². The summed E-state index contributed by atoms with van der Waals surface area (Å²) in [6.45, 7) is 3.72. The highest BCUT2D eigenvalue weighted by atomic mass is 79.9. The van der Waals surface area contributed by atoms with Crippen LogP contribution in [-0.2, 0) is 0 Å². The Labute approximate surface area is 109 Å². The average Bonchev–Trinajstić information content (AvgIpc) is 2.80. The fourth-order valence-electron chi connectivity index (χ4n) is 2.16. The molecule has 1 aromatic rings. The lowest BCUT2D eigenvalue weighted by Crippen LogP contribution is -2.28. The molecule has 1 unspecified atom stereocenters. The highest BCUT2D eigenvalue weighted by Crippen LogP contribution is 2.22. The summed E-state index contributed by atoms with van der Waals surface area (Å²) in [7, 11) is 0. The summed E-state index contributed by atoms with van der Waals surface area (Å²) in [6.07, 6.45) is 2.15. The van der Waals surface area contributed by atoms with Crippen molar-refractivity contribution in [3.63, 3.8) is 0 Å². The number of amides is 1. The van der Waals surface area contributed by atoms with Gasteiger partial charge in [-0.15, -0.1) is 0 Å². The second-order valence-corrected chi connectivity index (χ2v) is 5.30. The molecule has 2 rings (SSSR count). The number of carbonyl (C=O) groups is 1. The minimum absolute atomic E-state index is 0.0626. The fourth-order valence-corrected chi connectivity index (χ4v) is 2.41. The Balaban J connectivity index is 2.12. The van der Waals surface area contributed by atoms with E-state index in [1.807, 2.05) is 4.90 Å². The zero-order chi connectivity index (χ0) is 12.4. The number of likely N-dealkylation sites (tertiary alicyclic amines) is 1. The number of hydrogen-bond donors (Lipinski definition) is 0. The third-order valence-electron chi connectivity index (χ3n) is 3.32. The summed E-state index contributed by atoms with van der Waals surface area (Å²) in [4.78, 5) is 13.9. The molecule has 0 N–H and O–H groups in total. The molecule has 1 heterocycles. The van der Waals surface area contributed by atoms with E-state index in [0.717, 1.165) is 25.9 Å². The van der Waals surface area contributed by atoms with Crippen molar-refractivity contribution in [3.8, 4) is 0 Å². The topological polar surface area (TPSA) is 20.3 Å². The second kappa shape index (κ2) is 5.17. The maximum Gasteiger partial charge on any atom is 0.253 e. The van der Waals surface area contributed by atoms with E-state index >= 15 is 0 Å². The van der Waals surface area contributed by atoms with Gasteiger partial charge in [0.1, 0.15) is 5.82 Å². The van der Waals surface area contributed by atoms with E-state index in [-0.39, 0.29) is 11.7 Å². The van der Waals surface area contributed by atoms with E-state index in [1.165, 1.54) is 6.07 Å². The third kappa shape index (κ3) is 2.68. The van der Waals surface area contributed by atoms with Crippen molar-refractivity contribution in [3.05, 3.63) is 34.1 Å². The van der Waals surface area contributed by atoms with Crippen LogP contribution < -0.4 is 0 Å². The third-order valence-corrected chi connectivity index (χ3v) is 3.96. The van der Waals surface area contributed by atoms with Gasteiger partial charge in [-0.25, -0.2) is 4.39 Å². The molecule has 2 nitrogen and oxygen atoms in total. The minimum Gasteiger partial charge on any atom is -0.338 e. The van der Waals surface area contributed by atoms with E-state index in [4.69, 9.17) is 0 Å². The first-order valence-corrected chi connectivity index (χ1v) is 6.65. The molecule has 0 aromatic heterocycles. The second-order valence-electron chi connectivity index (χ2n) is 4.44. The van der Waals surface area contributed by atoms with E-state index < -0.39 is 0 Å². The van der Waals surface area contributed by atoms with Gasteiger partial charge in [-0.05, 0) is 46.5 Å². The quantitative estimate of drug-likeness (QED) is 0.819. The van der Waals surface area contributed by atoms with E-state index in [1.54, 1.807) is 12.1 Å². The Bertz CT molecular complexity index is 435. The summed E-state index contributed by atoms with van der Waals surface area (Å²) >= 11 is 3.08. The number of benzene rings is 1. The van der Waals surface area contributed by atoms with Crippen LogP contribution in [0.25, 0.3) is 0 Å². The summed E-state index contributed by atoms with van der Waals surface area (Å²) in [5.74, 6) is 0.147.